The molecule has 0 saturated carbocycles. The van der Waals surface area contributed by atoms with Crippen LogP contribution in [0.1, 0.15) is 16.1 Å². The topological polar surface area (TPSA) is 76.5 Å². The molecule has 0 radical (unpaired) electrons. The maximum absolute atomic E-state index is 11.9. The van der Waals surface area contributed by atoms with Crippen LogP contribution in [0.25, 0.3) is 16.6 Å². The van der Waals surface area contributed by atoms with Gasteiger partial charge in [0.25, 0.3) is 5.56 Å². The van der Waals surface area contributed by atoms with Crippen LogP contribution in [-0.2, 0) is 4.74 Å². The van der Waals surface area contributed by atoms with Crippen LogP contribution in [0.2, 0.25) is 0 Å². The number of esters is 1. The highest BCUT2D eigenvalue weighted by Gasteiger charge is 2.11. The Morgan fingerprint density at radius 2 is 2.21 bits per heavy atom. The number of rotatable bonds is 1. The molecule has 0 saturated heterocycles. The zero-order valence-corrected chi connectivity index (χ0v) is 10.4. The lowest BCUT2D eigenvalue weighted by Gasteiger charge is -2.04. The Morgan fingerprint density at radius 3 is 2.95 bits per heavy atom. The lowest BCUT2D eigenvalue weighted by atomic mass is 10.2. The zero-order chi connectivity index (χ0) is 13.6. The first-order valence-corrected chi connectivity index (χ1v) is 5.70. The normalized spacial score (nSPS) is 11.1. The molecule has 6 nitrogen and oxygen atoms in total. The molecule has 3 rings (SSSR count). The van der Waals surface area contributed by atoms with Crippen molar-refractivity contribution < 1.29 is 9.53 Å². The van der Waals surface area contributed by atoms with Crippen molar-refractivity contribution in [2.75, 3.05) is 7.11 Å². The zero-order valence-electron chi connectivity index (χ0n) is 10.4. The van der Waals surface area contributed by atoms with E-state index < -0.39 is 5.97 Å². The second kappa shape index (κ2) is 3.94. The molecule has 0 aliphatic rings. The largest absolute Gasteiger partial charge is 0.465 e. The summed E-state index contributed by atoms with van der Waals surface area (Å²) in [6, 6.07) is 4.96. The fourth-order valence-corrected chi connectivity index (χ4v) is 2.16. The van der Waals surface area contributed by atoms with E-state index in [-0.39, 0.29) is 5.56 Å². The number of fused-ring (bicyclic) bond motifs is 3. The smallest absolute Gasteiger partial charge is 0.337 e. The Hall–Kier alpha value is -2.63. The highest BCUT2D eigenvalue weighted by molar-refractivity contribution is 5.94. The third-order valence-corrected chi connectivity index (χ3v) is 3.09. The molecule has 0 fully saturated rings. The molecule has 1 N–H and O–H groups in total. The van der Waals surface area contributed by atoms with Gasteiger partial charge in [0.1, 0.15) is 11.8 Å². The predicted octanol–water partition coefficient (Wildman–Crippen LogP) is 1.27. The maximum atomic E-state index is 11.9. The van der Waals surface area contributed by atoms with Gasteiger partial charge in [0.2, 0.25) is 0 Å². The first-order chi connectivity index (χ1) is 9.11. The van der Waals surface area contributed by atoms with Crippen LogP contribution in [0.3, 0.4) is 0 Å². The van der Waals surface area contributed by atoms with Gasteiger partial charge in [0.05, 0.1) is 29.4 Å². The molecule has 2 heterocycles. The van der Waals surface area contributed by atoms with Gasteiger partial charge in [0.15, 0.2) is 0 Å². The van der Waals surface area contributed by atoms with Crippen molar-refractivity contribution >= 4 is 22.5 Å². The van der Waals surface area contributed by atoms with E-state index in [0.29, 0.717) is 27.8 Å². The van der Waals surface area contributed by atoms with Crippen LogP contribution >= 0.6 is 0 Å². The molecular formula is C13H11N3O3. The van der Waals surface area contributed by atoms with E-state index >= 15 is 0 Å². The van der Waals surface area contributed by atoms with Crippen LogP contribution in [0.4, 0.5) is 0 Å². The van der Waals surface area contributed by atoms with Crippen LogP contribution in [-0.4, -0.2) is 27.4 Å². The molecule has 0 aliphatic carbocycles. The molecule has 0 bridgehead atoms. The summed E-state index contributed by atoms with van der Waals surface area (Å²) >= 11 is 0. The quantitative estimate of drug-likeness (QED) is 0.666. The molecule has 0 unspecified atom stereocenters. The van der Waals surface area contributed by atoms with E-state index in [1.165, 1.54) is 7.11 Å². The maximum Gasteiger partial charge on any atom is 0.337 e. The Balaban J connectivity index is 2.44. The fourth-order valence-electron chi connectivity index (χ4n) is 2.16. The average molecular weight is 257 g/mol. The summed E-state index contributed by atoms with van der Waals surface area (Å²) in [5, 5.41) is 0. The number of H-pyrrole nitrogens is 1. The summed E-state index contributed by atoms with van der Waals surface area (Å²) in [4.78, 5) is 30.4. The molecular weight excluding hydrogens is 246 g/mol. The lowest BCUT2D eigenvalue weighted by molar-refractivity contribution is 0.0601. The molecule has 19 heavy (non-hydrogen) atoms. The lowest BCUT2D eigenvalue weighted by Crippen LogP contribution is -2.11. The summed E-state index contributed by atoms with van der Waals surface area (Å²) in [6.07, 6.45) is 1.57. The second-order valence-electron chi connectivity index (χ2n) is 4.23. The Morgan fingerprint density at radius 1 is 1.42 bits per heavy atom. The average Bonchev–Trinajstić information content (AvgIpc) is 2.81. The van der Waals surface area contributed by atoms with Gasteiger partial charge in [-0.2, -0.15) is 0 Å². The number of aromatic amines is 1. The molecule has 0 amide bonds. The number of carbonyl (C=O) groups excluding carboxylic acids is 1. The summed E-state index contributed by atoms with van der Waals surface area (Å²) in [5.74, 6) is -0.418. The summed E-state index contributed by atoms with van der Waals surface area (Å²) in [5.41, 5.74) is 2.70. The van der Waals surface area contributed by atoms with Gasteiger partial charge in [-0.25, -0.2) is 9.78 Å². The van der Waals surface area contributed by atoms with Crippen molar-refractivity contribution in [1.82, 2.24) is 14.4 Å². The van der Waals surface area contributed by atoms with Crippen molar-refractivity contribution in [3.05, 3.63) is 46.1 Å². The molecule has 0 aliphatic heterocycles. The van der Waals surface area contributed by atoms with Crippen LogP contribution in [0.15, 0.2) is 29.3 Å². The highest BCUT2D eigenvalue weighted by Crippen LogP contribution is 2.16. The minimum atomic E-state index is -0.418. The minimum absolute atomic E-state index is 0.201. The van der Waals surface area contributed by atoms with Crippen molar-refractivity contribution in [2.45, 2.75) is 6.92 Å². The van der Waals surface area contributed by atoms with E-state index in [4.69, 9.17) is 4.74 Å². The molecule has 0 atom stereocenters. The molecule has 3 aromatic rings. The highest BCUT2D eigenvalue weighted by atomic mass is 16.5. The number of methoxy groups -OCH3 is 1. The van der Waals surface area contributed by atoms with E-state index in [0.717, 1.165) is 0 Å². The number of ether oxygens (including phenoxy) is 1. The van der Waals surface area contributed by atoms with E-state index in [1.807, 2.05) is 0 Å². The van der Waals surface area contributed by atoms with Crippen LogP contribution in [0, 0.1) is 6.92 Å². The summed E-state index contributed by atoms with van der Waals surface area (Å²) in [6.45, 7) is 1.76. The van der Waals surface area contributed by atoms with Gasteiger partial charge in [-0.3, -0.25) is 9.20 Å². The van der Waals surface area contributed by atoms with Crippen molar-refractivity contribution in [1.29, 1.82) is 0 Å². The second-order valence-corrected chi connectivity index (χ2v) is 4.23. The van der Waals surface area contributed by atoms with Crippen LogP contribution in [0.5, 0.6) is 0 Å². The van der Waals surface area contributed by atoms with E-state index in [2.05, 4.69) is 9.97 Å². The van der Waals surface area contributed by atoms with Gasteiger partial charge in [-0.05, 0) is 25.1 Å². The number of aromatic nitrogens is 3. The number of imidazole rings is 1. The summed E-state index contributed by atoms with van der Waals surface area (Å²) in [7, 11) is 1.33. The molecule has 0 spiro atoms. The number of aryl methyl sites for hydroxylation is 1. The number of carbonyl (C=O) groups is 1. The van der Waals surface area contributed by atoms with E-state index in [1.54, 1.807) is 35.9 Å². The number of benzene rings is 1. The summed E-state index contributed by atoms with van der Waals surface area (Å²) < 4.78 is 6.37. The molecule has 96 valence electrons. The Bertz CT molecular complexity index is 861. The van der Waals surface area contributed by atoms with Gasteiger partial charge in [-0.1, -0.05) is 0 Å². The Labute approximate surface area is 107 Å². The minimum Gasteiger partial charge on any atom is -0.465 e. The van der Waals surface area contributed by atoms with Gasteiger partial charge >= 0.3 is 5.97 Å². The Kier molecular flexibility index (Phi) is 2.38. The number of nitrogens with zero attached hydrogens (tertiary/aromatic N) is 2. The number of hydrogen-bond acceptors (Lipinski definition) is 4. The SMILES string of the molecule is COC(=O)c1ccc2[nH]c(=O)c3c(C)ncn3c2c1. The third kappa shape index (κ3) is 1.61. The van der Waals surface area contributed by atoms with Gasteiger partial charge < -0.3 is 9.72 Å². The van der Waals surface area contributed by atoms with Gasteiger partial charge in [-0.15, -0.1) is 0 Å². The predicted molar refractivity (Wildman–Crippen MR) is 69.4 cm³/mol. The molecule has 6 heteroatoms. The van der Waals surface area contributed by atoms with Crippen LogP contribution < -0.4 is 5.56 Å². The fraction of sp³-hybridized carbons (Fsp3) is 0.154. The molecule has 1 aromatic carbocycles. The standard InChI is InChI=1S/C13H11N3O3/c1-7-11-12(17)15-9-4-3-8(13(18)19-2)5-10(9)16(11)6-14-7/h3-6H,1-2H3,(H,15,17). The van der Waals surface area contributed by atoms with E-state index in [9.17, 15) is 9.59 Å². The molecule has 2 aromatic heterocycles. The monoisotopic (exact) mass is 257 g/mol. The van der Waals surface area contributed by atoms with Gasteiger partial charge in [0, 0.05) is 0 Å². The first-order valence-electron chi connectivity index (χ1n) is 5.70. The number of hydrogen-bond donors (Lipinski definition) is 1. The first kappa shape index (κ1) is 11.5. The van der Waals surface area contributed by atoms with Crippen molar-refractivity contribution in [2.24, 2.45) is 0 Å². The third-order valence-electron chi connectivity index (χ3n) is 3.09. The number of nitrogens with one attached hydrogen (secondary N) is 1. The van der Waals surface area contributed by atoms with Crippen molar-refractivity contribution in [3.63, 3.8) is 0 Å². The van der Waals surface area contributed by atoms with Crippen molar-refractivity contribution in [3.8, 4) is 0 Å².